The van der Waals surface area contributed by atoms with Crippen molar-refractivity contribution in [2.24, 2.45) is 0 Å². The van der Waals surface area contributed by atoms with Crippen molar-refractivity contribution in [2.45, 2.75) is 32.7 Å². The number of hydrogen-bond acceptors (Lipinski definition) is 5. The number of rotatable bonds is 2. The van der Waals surface area contributed by atoms with Crippen molar-refractivity contribution in [1.82, 2.24) is 15.3 Å². The SMILES string of the molecule is Cc1nc(C)c2c(N)c(C(=O)NC3CC3)sc2n1. The largest absolute Gasteiger partial charge is 0.397 e. The van der Waals surface area contributed by atoms with Gasteiger partial charge in [-0.25, -0.2) is 9.97 Å². The number of thiophene rings is 1. The van der Waals surface area contributed by atoms with Crippen LogP contribution in [0.25, 0.3) is 10.2 Å². The van der Waals surface area contributed by atoms with Crippen molar-refractivity contribution >= 4 is 33.1 Å². The van der Waals surface area contributed by atoms with Crippen LogP contribution in [-0.4, -0.2) is 21.9 Å². The predicted molar refractivity (Wildman–Crippen MR) is 71.8 cm³/mol. The molecule has 5 nitrogen and oxygen atoms in total. The van der Waals surface area contributed by atoms with E-state index in [0.717, 1.165) is 28.8 Å². The monoisotopic (exact) mass is 262 g/mol. The molecule has 2 aromatic rings. The lowest BCUT2D eigenvalue weighted by Gasteiger charge is -2.01. The minimum Gasteiger partial charge on any atom is -0.397 e. The van der Waals surface area contributed by atoms with E-state index in [9.17, 15) is 4.79 Å². The summed E-state index contributed by atoms with van der Waals surface area (Å²) in [5.74, 6) is 0.616. The van der Waals surface area contributed by atoms with Crippen molar-refractivity contribution in [3.63, 3.8) is 0 Å². The summed E-state index contributed by atoms with van der Waals surface area (Å²) < 4.78 is 0. The lowest BCUT2D eigenvalue weighted by molar-refractivity contribution is 0.0956. The number of nitrogens with one attached hydrogen (secondary N) is 1. The number of amides is 1. The molecule has 3 rings (SSSR count). The maximum absolute atomic E-state index is 12.1. The van der Waals surface area contributed by atoms with Gasteiger partial charge in [0.1, 0.15) is 15.5 Å². The quantitative estimate of drug-likeness (QED) is 0.864. The molecule has 3 N–H and O–H groups in total. The molecule has 0 saturated heterocycles. The van der Waals surface area contributed by atoms with Crippen molar-refractivity contribution in [2.75, 3.05) is 5.73 Å². The Labute approximate surface area is 108 Å². The van der Waals surface area contributed by atoms with Gasteiger partial charge in [0.2, 0.25) is 0 Å². The second kappa shape index (κ2) is 3.91. The Morgan fingerprint density at radius 3 is 2.78 bits per heavy atom. The number of carbonyl (C=O) groups is 1. The molecule has 1 aliphatic carbocycles. The molecule has 18 heavy (non-hydrogen) atoms. The van der Waals surface area contributed by atoms with Gasteiger partial charge in [-0.2, -0.15) is 0 Å². The molecule has 1 aliphatic rings. The highest BCUT2D eigenvalue weighted by molar-refractivity contribution is 7.21. The fourth-order valence-corrected chi connectivity index (χ4v) is 3.07. The van der Waals surface area contributed by atoms with E-state index in [1.807, 2.05) is 13.8 Å². The second-order valence-electron chi connectivity index (χ2n) is 4.63. The first-order valence-corrected chi connectivity index (χ1v) is 6.72. The number of nitrogen functional groups attached to an aromatic ring is 1. The summed E-state index contributed by atoms with van der Waals surface area (Å²) >= 11 is 1.34. The summed E-state index contributed by atoms with van der Waals surface area (Å²) in [6.07, 6.45) is 2.13. The topological polar surface area (TPSA) is 80.9 Å². The molecular formula is C12H14N4OS. The smallest absolute Gasteiger partial charge is 0.263 e. The normalized spacial score (nSPS) is 15.0. The van der Waals surface area contributed by atoms with E-state index in [4.69, 9.17) is 5.73 Å². The number of aromatic nitrogens is 2. The van der Waals surface area contributed by atoms with Gasteiger partial charge in [-0.15, -0.1) is 11.3 Å². The highest BCUT2D eigenvalue weighted by atomic mass is 32.1. The van der Waals surface area contributed by atoms with E-state index in [2.05, 4.69) is 15.3 Å². The van der Waals surface area contributed by atoms with Crippen LogP contribution in [0.1, 0.15) is 34.0 Å². The van der Waals surface area contributed by atoms with Crippen LogP contribution in [0.5, 0.6) is 0 Å². The first kappa shape index (κ1) is 11.4. The minimum absolute atomic E-state index is 0.0879. The third-order valence-corrected chi connectivity index (χ3v) is 4.10. The van der Waals surface area contributed by atoms with Gasteiger partial charge in [-0.05, 0) is 26.7 Å². The summed E-state index contributed by atoms with van der Waals surface area (Å²) in [4.78, 5) is 22.0. The zero-order valence-corrected chi connectivity index (χ0v) is 11.1. The van der Waals surface area contributed by atoms with Crippen molar-refractivity contribution in [1.29, 1.82) is 0 Å². The van der Waals surface area contributed by atoms with E-state index in [1.165, 1.54) is 11.3 Å². The van der Waals surface area contributed by atoms with Crippen LogP contribution in [0.2, 0.25) is 0 Å². The van der Waals surface area contributed by atoms with Gasteiger partial charge in [-0.1, -0.05) is 0 Å². The Morgan fingerprint density at radius 1 is 1.39 bits per heavy atom. The summed E-state index contributed by atoms with van der Waals surface area (Å²) in [7, 11) is 0. The highest BCUT2D eigenvalue weighted by Crippen LogP contribution is 2.34. The number of nitrogens with zero attached hydrogens (tertiary/aromatic N) is 2. The summed E-state index contributed by atoms with van der Waals surface area (Å²) in [6, 6.07) is 0.330. The molecular weight excluding hydrogens is 248 g/mol. The molecule has 0 aliphatic heterocycles. The molecule has 0 atom stereocenters. The van der Waals surface area contributed by atoms with E-state index in [0.29, 0.717) is 22.4 Å². The first-order chi connectivity index (χ1) is 8.56. The molecule has 0 aromatic carbocycles. The van der Waals surface area contributed by atoms with Gasteiger partial charge in [0.15, 0.2) is 0 Å². The number of carbonyl (C=O) groups excluding carboxylic acids is 1. The van der Waals surface area contributed by atoms with Gasteiger partial charge in [-0.3, -0.25) is 4.79 Å². The van der Waals surface area contributed by atoms with Crippen molar-refractivity contribution in [3.8, 4) is 0 Å². The Hall–Kier alpha value is -1.69. The lowest BCUT2D eigenvalue weighted by Crippen LogP contribution is -2.25. The summed E-state index contributed by atoms with van der Waals surface area (Å²) in [6.45, 7) is 3.73. The predicted octanol–water partition coefficient (Wildman–Crippen LogP) is 1.78. The van der Waals surface area contributed by atoms with Crippen molar-refractivity contribution < 1.29 is 4.79 Å². The Morgan fingerprint density at radius 2 is 2.11 bits per heavy atom. The molecule has 1 amide bonds. The van der Waals surface area contributed by atoms with Crippen LogP contribution in [-0.2, 0) is 0 Å². The van der Waals surface area contributed by atoms with Crippen LogP contribution in [0.3, 0.4) is 0 Å². The minimum atomic E-state index is -0.0879. The van der Waals surface area contributed by atoms with Gasteiger partial charge in [0.25, 0.3) is 5.91 Å². The number of anilines is 1. The van der Waals surface area contributed by atoms with Crippen LogP contribution in [0.4, 0.5) is 5.69 Å². The highest BCUT2D eigenvalue weighted by Gasteiger charge is 2.26. The van der Waals surface area contributed by atoms with E-state index in [-0.39, 0.29) is 5.91 Å². The Kier molecular flexibility index (Phi) is 2.48. The van der Waals surface area contributed by atoms with Crippen LogP contribution >= 0.6 is 11.3 Å². The fraction of sp³-hybridized carbons (Fsp3) is 0.417. The molecule has 2 heterocycles. The molecule has 0 radical (unpaired) electrons. The van der Waals surface area contributed by atoms with Crippen LogP contribution in [0, 0.1) is 13.8 Å². The van der Waals surface area contributed by atoms with E-state index < -0.39 is 0 Å². The zero-order valence-electron chi connectivity index (χ0n) is 10.3. The maximum Gasteiger partial charge on any atom is 0.263 e. The first-order valence-electron chi connectivity index (χ1n) is 5.90. The molecule has 1 saturated carbocycles. The lowest BCUT2D eigenvalue weighted by atomic mass is 10.2. The van der Waals surface area contributed by atoms with Crippen molar-refractivity contribution in [3.05, 3.63) is 16.4 Å². The molecule has 0 unspecified atom stereocenters. The van der Waals surface area contributed by atoms with E-state index in [1.54, 1.807) is 0 Å². The third kappa shape index (κ3) is 1.82. The zero-order chi connectivity index (χ0) is 12.9. The number of fused-ring (bicyclic) bond motifs is 1. The molecule has 1 fully saturated rings. The molecule has 6 heteroatoms. The molecule has 94 valence electrons. The Bertz CT molecular complexity index is 645. The van der Waals surface area contributed by atoms with Gasteiger partial charge >= 0.3 is 0 Å². The van der Waals surface area contributed by atoms with Gasteiger partial charge in [0.05, 0.1) is 16.8 Å². The molecule has 0 spiro atoms. The average Bonchev–Trinajstić information content (AvgIpc) is 3.02. The Balaban J connectivity index is 2.09. The van der Waals surface area contributed by atoms with Gasteiger partial charge < -0.3 is 11.1 Å². The van der Waals surface area contributed by atoms with Crippen LogP contribution < -0.4 is 11.1 Å². The number of hydrogen-bond donors (Lipinski definition) is 2. The van der Waals surface area contributed by atoms with E-state index >= 15 is 0 Å². The van der Waals surface area contributed by atoms with Crippen LogP contribution in [0.15, 0.2) is 0 Å². The maximum atomic E-state index is 12.1. The third-order valence-electron chi connectivity index (χ3n) is 3.00. The number of aryl methyl sites for hydroxylation is 2. The summed E-state index contributed by atoms with van der Waals surface area (Å²) in [5.41, 5.74) is 7.39. The standard InChI is InChI=1S/C12H14N4OS/c1-5-8-9(13)10(11(17)16-7-3-4-7)18-12(8)15-6(2)14-5/h7H,3-4,13H2,1-2H3,(H,16,17). The molecule has 2 aromatic heterocycles. The summed E-state index contributed by atoms with van der Waals surface area (Å²) in [5, 5.41) is 3.76. The van der Waals surface area contributed by atoms with Gasteiger partial charge in [0, 0.05) is 6.04 Å². The average molecular weight is 262 g/mol. The number of nitrogens with two attached hydrogens (primary N) is 1. The second-order valence-corrected chi connectivity index (χ2v) is 5.63. The fourth-order valence-electron chi connectivity index (χ4n) is 1.98. The molecule has 0 bridgehead atoms.